The second-order valence-corrected chi connectivity index (χ2v) is 6.36. The fourth-order valence-corrected chi connectivity index (χ4v) is 3.01. The molecule has 0 spiro atoms. The van der Waals surface area contributed by atoms with Crippen molar-refractivity contribution in [3.05, 3.63) is 89.6 Å². The van der Waals surface area contributed by atoms with E-state index < -0.39 is 0 Å². The summed E-state index contributed by atoms with van der Waals surface area (Å²) in [6.07, 6.45) is 0. The van der Waals surface area contributed by atoms with E-state index in [2.05, 4.69) is 33.7 Å². The van der Waals surface area contributed by atoms with Gasteiger partial charge in [-0.15, -0.1) is 0 Å². The summed E-state index contributed by atoms with van der Waals surface area (Å²) in [7, 11) is 0. The summed E-state index contributed by atoms with van der Waals surface area (Å²) in [5, 5.41) is 12.4. The molecule has 0 saturated carbocycles. The van der Waals surface area contributed by atoms with Crippen LogP contribution in [0.2, 0.25) is 0 Å². The van der Waals surface area contributed by atoms with Crippen LogP contribution < -0.4 is 5.32 Å². The first-order chi connectivity index (χ1) is 12.7. The van der Waals surface area contributed by atoms with Crippen LogP contribution in [0.3, 0.4) is 0 Å². The van der Waals surface area contributed by atoms with Crippen molar-refractivity contribution in [2.24, 2.45) is 0 Å². The average Bonchev–Trinajstić information content (AvgIpc) is 3.17. The Labute approximate surface area is 151 Å². The fraction of sp³-hybridized carbons (Fsp3) is 0.0909. The highest BCUT2D eigenvalue weighted by molar-refractivity contribution is 5.98. The number of amides is 1. The second kappa shape index (κ2) is 6.84. The van der Waals surface area contributed by atoms with E-state index in [4.69, 9.17) is 0 Å². The molecule has 1 heterocycles. The van der Waals surface area contributed by atoms with Crippen LogP contribution in [-0.2, 0) is 6.54 Å². The highest BCUT2D eigenvalue weighted by Crippen LogP contribution is 2.27. The minimum Gasteiger partial charge on any atom is -0.347 e. The molecule has 0 fully saturated rings. The number of aromatic amines is 1. The Bertz CT molecular complexity index is 1060. The molecule has 0 aliphatic heterocycles. The summed E-state index contributed by atoms with van der Waals surface area (Å²) >= 11 is 0. The Morgan fingerprint density at radius 1 is 1.00 bits per heavy atom. The highest BCUT2D eigenvalue weighted by Gasteiger charge is 2.12. The lowest BCUT2D eigenvalue weighted by Crippen LogP contribution is -2.23. The first-order valence-electron chi connectivity index (χ1n) is 8.58. The lowest BCUT2D eigenvalue weighted by molar-refractivity contribution is 0.0946. The van der Waals surface area contributed by atoms with Crippen molar-refractivity contribution in [1.82, 2.24) is 15.5 Å². The minimum absolute atomic E-state index is 0.162. The molecule has 4 rings (SSSR count). The highest BCUT2D eigenvalue weighted by atomic mass is 16.1. The molecule has 4 nitrogen and oxygen atoms in total. The molecular formula is C22H19N3O. The zero-order chi connectivity index (χ0) is 17.9. The van der Waals surface area contributed by atoms with Crippen molar-refractivity contribution < 1.29 is 4.79 Å². The van der Waals surface area contributed by atoms with E-state index in [0.717, 1.165) is 27.6 Å². The fourth-order valence-electron chi connectivity index (χ4n) is 3.01. The predicted molar refractivity (Wildman–Crippen MR) is 104 cm³/mol. The van der Waals surface area contributed by atoms with Crippen LogP contribution in [0, 0.1) is 6.92 Å². The van der Waals surface area contributed by atoms with Crippen molar-refractivity contribution in [2.45, 2.75) is 13.5 Å². The maximum absolute atomic E-state index is 12.4. The van der Waals surface area contributed by atoms with Gasteiger partial charge < -0.3 is 5.32 Å². The van der Waals surface area contributed by atoms with E-state index in [1.54, 1.807) is 6.07 Å². The number of nitrogens with zero attached hydrogens (tertiary/aromatic N) is 1. The van der Waals surface area contributed by atoms with Gasteiger partial charge >= 0.3 is 0 Å². The number of carbonyl (C=O) groups is 1. The van der Waals surface area contributed by atoms with Crippen LogP contribution in [0.1, 0.15) is 21.6 Å². The van der Waals surface area contributed by atoms with E-state index in [1.165, 1.54) is 5.56 Å². The number of aromatic nitrogens is 2. The molecule has 1 aromatic heterocycles. The molecule has 0 aliphatic rings. The zero-order valence-corrected chi connectivity index (χ0v) is 14.5. The third kappa shape index (κ3) is 3.22. The lowest BCUT2D eigenvalue weighted by Gasteiger charge is -2.04. The van der Waals surface area contributed by atoms with E-state index in [0.29, 0.717) is 12.2 Å². The van der Waals surface area contributed by atoms with Gasteiger partial charge in [0, 0.05) is 12.1 Å². The van der Waals surface area contributed by atoms with Crippen molar-refractivity contribution >= 4 is 16.7 Å². The first kappa shape index (κ1) is 16.1. The van der Waals surface area contributed by atoms with E-state index >= 15 is 0 Å². The Kier molecular flexibility index (Phi) is 4.23. The maximum Gasteiger partial charge on any atom is 0.269 e. The summed E-state index contributed by atoms with van der Waals surface area (Å²) < 4.78 is 0. The monoisotopic (exact) mass is 341 g/mol. The van der Waals surface area contributed by atoms with Gasteiger partial charge in [-0.3, -0.25) is 9.89 Å². The molecule has 128 valence electrons. The number of H-pyrrole nitrogens is 1. The number of rotatable bonds is 4. The number of hydrogen-bond acceptors (Lipinski definition) is 2. The Morgan fingerprint density at radius 2 is 1.77 bits per heavy atom. The van der Waals surface area contributed by atoms with Gasteiger partial charge in [0.25, 0.3) is 5.91 Å². The number of benzene rings is 3. The third-order valence-corrected chi connectivity index (χ3v) is 4.46. The van der Waals surface area contributed by atoms with Crippen LogP contribution in [0.15, 0.2) is 72.8 Å². The molecule has 2 N–H and O–H groups in total. The van der Waals surface area contributed by atoms with Crippen molar-refractivity contribution in [3.8, 4) is 11.3 Å². The minimum atomic E-state index is -0.162. The standard InChI is InChI=1S/C22H19N3O/c1-15-9-11-16(12-10-15)14-23-22(26)21-13-20(24-25-21)19-8-4-6-17-5-2-3-7-18(17)19/h2-13H,14H2,1H3,(H,23,26)(H,24,25). The Balaban J connectivity index is 1.53. The largest absolute Gasteiger partial charge is 0.347 e. The van der Waals surface area contributed by atoms with Gasteiger partial charge in [-0.05, 0) is 29.3 Å². The van der Waals surface area contributed by atoms with Gasteiger partial charge in [0.2, 0.25) is 0 Å². The summed E-state index contributed by atoms with van der Waals surface area (Å²) in [6, 6.07) is 24.2. The molecule has 1 amide bonds. The number of hydrogen-bond donors (Lipinski definition) is 2. The molecule has 0 saturated heterocycles. The molecule has 0 unspecified atom stereocenters. The van der Waals surface area contributed by atoms with Crippen LogP contribution in [0.4, 0.5) is 0 Å². The van der Waals surface area contributed by atoms with Crippen LogP contribution in [0.25, 0.3) is 22.0 Å². The molecule has 3 aromatic carbocycles. The normalized spacial score (nSPS) is 10.8. The average molecular weight is 341 g/mol. The third-order valence-electron chi connectivity index (χ3n) is 4.46. The van der Waals surface area contributed by atoms with E-state index in [9.17, 15) is 4.79 Å². The van der Waals surface area contributed by atoms with Crippen LogP contribution in [-0.4, -0.2) is 16.1 Å². The van der Waals surface area contributed by atoms with Gasteiger partial charge in [-0.2, -0.15) is 5.10 Å². The van der Waals surface area contributed by atoms with Crippen molar-refractivity contribution in [2.75, 3.05) is 0 Å². The first-order valence-corrected chi connectivity index (χ1v) is 8.58. The number of carbonyl (C=O) groups excluding carboxylic acids is 1. The maximum atomic E-state index is 12.4. The number of nitrogens with one attached hydrogen (secondary N) is 2. The predicted octanol–water partition coefficient (Wildman–Crippen LogP) is 4.47. The van der Waals surface area contributed by atoms with Crippen molar-refractivity contribution in [1.29, 1.82) is 0 Å². The second-order valence-electron chi connectivity index (χ2n) is 6.36. The van der Waals surface area contributed by atoms with Gasteiger partial charge in [0.15, 0.2) is 0 Å². The molecule has 4 aromatic rings. The van der Waals surface area contributed by atoms with Crippen molar-refractivity contribution in [3.63, 3.8) is 0 Å². The smallest absolute Gasteiger partial charge is 0.269 e. The summed E-state index contributed by atoms with van der Waals surface area (Å²) in [5.74, 6) is -0.162. The molecule has 0 aliphatic carbocycles. The van der Waals surface area contributed by atoms with Gasteiger partial charge in [-0.1, -0.05) is 72.3 Å². The summed E-state index contributed by atoms with van der Waals surface area (Å²) in [6.45, 7) is 2.53. The zero-order valence-electron chi connectivity index (χ0n) is 14.5. The van der Waals surface area contributed by atoms with Crippen LogP contribution in [0.5, 0.6) is 0 Å². The lowest BCUT2D eigenvalue weighted by atomic mass is 10.0. The Morgan fingerprint density at radius 3 is 2.62 bits per heavy atom. The number of aryl methyl sites for hydroxylation is 1. The molecule has 0 atom stereocenters. The molecule has 0 bridgehead atoms. The SMILES string of the molecule is Cc1ccc(CNC(=O)c2cc(-c3cccc4ccccc34)n[nH]2)cc1. The van der Waals surface area contributed by atoms with Gasteiger partial charge in [0.05, 0.1) is 5.69 Å². The van der Waals surface area contributed by atoms with E-state index in [-0.39, 0.29) is 5.91 Å². The molecule has 26 heavy (non-hydrogen) atoms. The van der Waals surface area contributed by atoms with Gasteiger partial charge in [0.1, 0.15) is 5.69 Å². The molecule has 0 radical (unpaired) electrons. The van der Waals surface area contributed by atoms with E-state index in [1.807, 2.05) is 55.5 Å². The summed E-state index contributed by atoms with van der Waals surface area (Å²) in [5.41, 5.74) is 4.50. The quantitative estimate of drug-likeness (QED) is 0.575. The Hall–Kier alpha value is -3.40. The number of fused-ring (bicyclic) bond motifs is 1. The summed E-state index contributed by atoms with van der Waals surface area (Å²) in [4.78, 5) is 12.4. The van der Waals surface area contributed by atoms with Gasteiger partial charge in [-0.25, -0.2) is 0 Å². The molecular weight excluding hydrogens is 322 g/mol. The van der Waals surface area contributed by atoms with Crippen LogP contribution >= 0.6 is 0 Å². The molecule has 4 heteroatoms. The topological polar surface area (TPSA) is 57.8 Å².